The number of rotatable bonds is 3. The minimum absolute atomic E-state index is 0.109. The van der Waals surface area contributed by atoms with Crippen molar-refractivity contribution in [2.75, 3.05) is 26.2 Å². The summed E-state index contributed by atoms with van der Waals surface area (Å²) < 4.78 is 2.01. The van der Waals surface area contributed by atoms with Gasteiger partial charge in [-0.05, 0) is 37.6 Å². The number of carbonyl (C=O) groups is 1. The first-order valence-corrected chi connectivity index (χ1v) is 9.72. The van der Waals surface area contributed by atoms with Gasteiger partial charge in [0, 0.05) is 56.2 Å². The molecule has 0 atom stereocenters. The largest absolute Gasteiger partial charge is 0.337 e. The Labute approximate surface area is 165 Å². The van der Waals surface area contributed by atoms with Crippen molar-refractivity contribution in [3.05, 3.63) is 77.1 Å². The maximum Gasteiger partial charge on any atom is 0.253 e. The molecule has 3 heterocycles. The summed E-state index contributed by atoms with van der Waals surface area (Å²) in [6.07, 6.45) is 4.96. The molecule has 0 spiro atoms. The number of fused-ring (bicyclic) bond motifs is 1. The average molecular weight is 372 g/mol. The lowest BCUT2D eigenvalue weighted by Gasteiger charge is -2.22. The standard InChI is InChI=1S/C23H24N4O/c1-18-6-4-7-19(14-18)23(28)26-11-5-9-25(12-13-26)16-20-17-27-10-3-2-8-22(27)21(20)15-24/h2-4,6-8,10,14,17H,5,9,11-13,16H2,1H3. The van der Waals surface area contributed by atoms with Gasteiger partial charge in [0.25, 0.3) is 5.91 Å². The number of hydrogen-bond acceptors (Lipinski definition) is 3. The van der Waals surface area contributed by atoms with Crippen LogP contribution in [-0.4, -0.2) is 46.3 Å². The van der Waals surface area contributed by atoms with Crippen LogP contribution in [0.4, 0.5) is 0 Å². The molecule has 0 aliphatic carbocycles. The van der Waals surface area contributed by atoms with E-state index >= 15 is 0 Å². The SMILES string of the molecule is Cc1cccc(C(=O)N2CCCN(Cc3cn4ccccc4c3C#N)CC2)c1. The summed E-state index contributed by atoms with van der Waals surface area (Å²) in [5.41, 5.74) is 4.61. The molecule has 1 aromatic carbocycles. The lowest BCUT2D eigenvalue weighted by Crippen LogP contribution is -2.35. The summed E-state index contributed by atoms with van der Waals surface area (Å²) in [7, 11) is 0. The minimum Gasteiger partial charge on any atom is -0.337 e. The van der Waals surface area contributed by atoms with Crippen molar-refractivity contribution in [2.45, 2.75) is 19.9 Å². The van der Waals surface area contributed by atoms with Gasteiger partial charge in [0.2, 0.25) is 0 Å². The number of nitrogens with zero attached hydrogens (tertiary/aromatic N) is 4. The van der Waals surface area contributed by atoms with Crippen LogP contribution in [0.3, 0.4) is 0 Å². The summed E-state index contributed by atoms with van der Waals surface area (Å²) in [5.74, 6) is 0.109. The van der Waals surface area contributed by atoms with Gasteiger partial charge < -0.3 is 9.30 Å². The van der Waals surface area contributed by atoms with Crippen LogP contribution in [-0.2, 0) is 6.54 Å². The van der Waals surface area contributed by atoms with Gasteiger partial charge in [-0.1, -0.05) is 23.8 Å². The number of amides is 1. The lowest BCUT2D eigenvalue weighted by molar-refractivity contribution is 0.0761. The molecule has 0 bridgehead atoms. The van der Waals surface area contributed by atoms with Gasteiger partial charge in [0.15, 0.2) is 0 Å². The molecular weight excluding hydrogens is 348 g/mol. The lowest BCUT2D eigenvalue weighted by atomic mass is 10.1. The number of carbonyl (C=O) groups excluding carboxylic acids is 1. The maximum absolute atomic E-state index is 12.8. The monoisotopic (exact) mass is 372 g/mol. The molecule has 1 fully saturated rings. The number of hydrogen-bond donors (Lipinski definition) is 0. The average Bonchev–Trinajstić information content (AvgIpc) is 2.88. The molecule has 0 radical (unpaired) electrons. The van der Waals surface area contributed by atoms with Crippen LogP contribution in [0.25, 0.3) is 5.52 Å². The molecule has 142 valence electrons. The van der Waals surface area contributed by atoms with Crippen LogP contribution in [0.2, 0.25) is 0 Å². The van der Waals surface area contributed by atoms with Gasteiger partial charge in [-0.3, -0.25) is 9.69 Å². The molecule has 2 aromatic heterocycles. The van der Waals surface area contributed by atoms with E-state index in [1.54, 1.807) is 0 Å². The summed E-state index contributed by atoms with van der Waals surface area (Å²) in [6.45, 7) is 5.96. The summed E-state index contributed by atoms with van der Waals surface area (Å²) >= 11 is 0. The van der Waals surface area contributed by atoms with E-state index in [-0.39, 0.29) is 5.91 Å². The normalized spacial score (nSPS) is 15.4. The molecule has 28 heavy (non-hydrogen) atoms. The van der Waals surface area contributed by atoms with Gasteiger partial charge in [-0.25, -0.2) is 0 Å². The Morgan fingerprint density at radius 1 is 1.11 bits per heavy atom. The number of pyridine rings is 1. The Balaban J connectivity index is 1.46. The second-order valence-corrected chi connectivity index (χ2v) is 7.43. The molecule has 0 saturated carbocycles. The number of benzene rings is 1. The van der Waals surface area contributed by atoms with Gasteiger partial charge in [-0.2, -0.15) is 5.26 Å². The van der Waals surface area contributed by atoms with E-state index < -0.39 is 0 Å². The molecular formula is C23H24N4O. The second kappa shape index (κ2) is 7.87. The van der Waals surface area contributed by atoms with Gasteiger partial charge >= 0.3 is 0 Å². The fourth-order valence-electron chi connectivity index (χ4n) is 3.96. The topological polar surface area (TPSA) is 51.8 Å². The highest BCUT2D eigenvalue weighted by Gasteiger charge is 2.21. The van der Waals surface area contributed by atoms with Crippen molar-refractivity contribution in [1.29, 1.82) is 5.26 Å². The molecule has 0 N–H and O–H groups in total. The van der Waals surface area contributed by atoms with E-state index in [0.717, 1.165) is 60.4 Å². The maximum atomic E-state index is 12.8. The summed E-state index contributed by atoms with van der Waals surface area (Å²) in [4.78, 5) is 17.1. The van der Waals surface area contributed by atoms with Crippen molar-refractivity contribution < 1.29 is 4.79 Å². The highest BCUT2D eigenvalue weighted by molar-refractivity contribution is 5.94. The quantitative estimate of drug-likeness (QED) is 0.707. The highest BCUT2D eigenvalue weighted by atomic mass is 16.2. The third-order valence-electron chi connectivity index (χ3n) is 5.41. The van der Waals surface area contributed by atoms with Gasteiger partial charge in [-0.15, -0.1) is 0 Å². The van der Waals surface area contributed by atoms with Crippen molar-refractivity contribution >= 4 is 11.4 Å². The van der Waals surface area contributed by atoms with Gasteiger partial charge in [0.05, 0.1) is 11.1 Å². The van der Waals surface area contributed by atoms with E-state index in [1.165, 1.54) is 0 Å². The predicted molar refractivity (Wildman–Crippen MR) is 109 cm³/mol. The van der Waals surface area contributed by atoms with Crippen molar-refractivity contribution in [3.8, 4) is 6.07 Å². The Kier molecular flexibility index (Phi) is 5.14. The van der Waals surface area contributed by atoms with Crippen molar-refractivity contribution in [2.24, 2.45) is 0 Å². The van der Waals surface area contributed by atoms with E-state index in [4.69, 9.17) is 0 Å². The van der Waals surface area contributed by atoms with E-state index in [9.17, 15) is 10.1 Å². The number of aromatic nitrogens is 1. The minimum atomic E-state index is 0.109. The molecule has 5 nitrogen and oxygen atoms in total. The molecule has 0 unspecified atom stereocenters. The first kappa shape index (κ1) is 18.3. The van der Waals surface area contributed by atoms with Gasteiger partial charge in [0.1, 0.15) is 6.07 Å². The zero-order chi connectivity index (χ0) is 19.5. The Bertz CT molecular complexity index is 1050. The Hall–Kier alpha value is -3.10. The summed E-state index contributed by atoms with van der Waals surface area (Å²) in [6, 6.07) is 16.1. The molecule has 1 amide bonds. The molecule has 5 heteroatoms. The zero-order valence-electron chi connectivity index (χ0n) is 16.1. The van der Waals surface area contributed by atoms with Crippen LogP contribution in [0, 0.1) is 18.3 Å². The second-order valence-electron chi connectivity index (χ2n) is 7.43. The van der Waals surface area contributed by atoms with E-state index in [2.05, 4.69) is 17.2 Å². The third-order valence-corrected chi connectivity index (χ3v) is 5.41. The molecule has 1 aliphatic heterocycles. The Morgan fingerprint density at radius 3 is 2.82 bits per heavy atom. The van der Waals surface area contributed by atoms with E-state index in [0.29, 0.717) is 6.54 Å². The predicted octanol–water partition coefficient (Wildman–Crippen LogP) is 3.47. The molecule has 3 aromatic rings. The molecule has 1 saturated heterocycles. The molecule has 4 rings (SSSR count). The summed E-state index contributed by atoms with van der Waals surface area (Å²) in [5, 5.41) is 9.62. The van der Waals surface area contributed by atoms with E-state index in [1.807, 2.05) is 64.9 Å². The Morgan fingerprint density at radius 2 is 2.00 bits per heavy atom. The molecule has 1 aliphatic rings. The van der Waals surface area contributed by atoms with Crippen LogP contribution in [0.15, 0.2) is 54.9 Å². The fraction of sp³-hybridized carbons (Fsp3) is 0.304. The smallest absolute Gasteiger partial charge is 0.253 e. The van der Waals surface area contributed by atoms with Crippen LogP contribution in [0.5, 0.6) is 0 Å². The highest BCUT2D eigenvalue weighted by Crippen LogP contribution is 2.20. The zero-order valence-corrected chi connectivity index (χ0v) is 16.1. The van der Waals surface area contributed by atoms with Crippen molar-refractivity contribution in [1.82, 2.24) is 14.2 Å². The first-order valence-electron chi connectivity index (χ1n) is 9.72. The van der Waals surface area contributed by atoms with Crippen LogP contribution in [0.1, 0.15) is 33.5 Å². The van der Waals surface area contributed by atoms with Crippen molar-refractivity contribution in [3.63, 3.8) is 0 Å². The third kappa shape index (κ3) is 3.64. The number of aryl methyl sites for hydroxylation is 1. The van der Waals surface area contributed by atoms with Crippen LogP contribution >= 0.6 is 0 Å². The van der Waals surface area contributed by atoms with Crippen LogP contribution < -0.4 is 0 Å². The first-order chi connectivity index (χ1) is 13.7. The fourth-order valence-corrected chi connectivity index (χ4v) is 3.96. The number of nitriles is 1.